The Morgan fingerprint density at radius 1 is 0.833 bits per heavy atom. The van der Waals surface area contributed by atoms with Gasteiger partial charge in [0.2, 0.25) is 17.7 Å². The molecule has 1 aromatic heterocycles. The first kappa shape index (κ1) is 40.0. The highest BCUT2D eigenvalue weighted by molar-refractivity contribution is 5.92. The van der Waals surface area contributed by atoms with Gasteiger partial charge >= 0.3 is 12.1 Å². The number of rotatable bonds is 17. The molecule has 4 amide bonds. The molecule has 0 aliphatic rings. The summed E-state index contributed by atoms with van der Waals surface area (Å²) in [6.07, 6.45) is 0.357. The normalized spacial score (nSPS) is 16.1. The van der Waals surface area contributed by atoms with Crippen LogP contribution in [0.5, 0.6) is 0 Å². The molecule has 7 atom stereocenters. The maximum atomic E-state index is 14.0. The standard InChI is InChI=1S/C35H55N5O8/c1-10-20(5)29(39-32(44)30(21(6)11-2)40-34(47)48-35(7,8)9)31(43)37-25(16-22-18-36-24-15-13-12-14-23(22)24)26(41)17-27(42)38-28(19(3)4)33(45)46/h12-15,18-21,25-26,28-30,36,41H,10-11,16-17H2,1-9H3,(H,37,43)(H,38,42)(H,39,44)(H,40,47)(H,45,46)/t20?,21?,25-,26?,28-,29-,30-/m0/s1. The van der Waals surface area contributed by atoms with Gasteiger partial charge in [0.1, 0.15) is 23.7 Å². The van der Waals surface area contributed by atoms with Crippen molar-refractivity contribution in [2.75, 3.05) is 0 Å². The molecule has 0 aliphatic heterocycles. The Morgan fingerprint density at radius 3 is 1.94 bits per heavy atom. The van der Waals surface area contributed by atoms with Crippen LogP contribution >= 0.6 is 0 Å². The largest absolute Gasteiger partial charge is 0.480 e. The third-order valence-electron chi connectivity index (χ3n) is 8.51. The van der Waals surface area contributed by atoms with Crippen molar-refractivity contribution in [3.8, 4) is 0 Å². The van der Waals surface area contributed by atoms with Crippen LogP contribution in [0.2, 0.25) is 0 Å². The number of aliphatic carboxylic acids is 1. The van der Waals surface area contributed by atoms with Crippen LogP contribution in [0.4, 0.5) is 4.79 Å². The van der Waals surface area contributed by atoms with Gasteiger partial charge in [-0.1, -0.05) is 72.6 Å². The van der Waals surface area contributed by atoms with Crippen molar-refractivity contribution in [3.63, 3.8) is 0 Å². The average Bonchev–Trinajstić information content (AvgIpc) is 3.41. The maximum absolute atomic E-state index is 14.0. The number of benzene rings is 1. The molecule has 0 radical (unpaired) electrons. The van der Waals surface area contributed by atoms with Gasteiger partial charge in [-0.3, -0.25) is 14.4 Å². The van der Waals surface area contributed by atoms with Gasteiger partial charge < -0.3 is 41.2 Å². The predicted octanol–water partition coefficient (Wildman–Crippen LogP) is 3.64. The fourth-order valence-corrected chi connectivity index (χ4v) is 5.25. The van der Waals surface area contributed by atoms with Gasteiger partial charge in [0, 0.05) is 17.1 Å². The van der Waals surface area contributed by atoms with E-state index in [2.05, 4.69) is 26.3 Å². The molecule has 48 heavy (non-hydrogen) atoms. The van der Waals surface area contributed by atoms with Gasteiger partial charge in [-0.2, -0.15) is 0 Å². The SMILES string of the molecule is CCC(C)[C@H](NC(=O)OC(C)(C)C)C(=O)N[C@H](C(=O)N[C@@H](Cc1c[nH]c2ccccc12)C(O)CC(=O)N[C@H](C(=O)O)C(C)C)C(C)CC. The molecule has 0 bridgehead atoms. The smallest absolute Gasteiger partial charge is 0.408 e. The molecule has 268 valence electrons. The number of aromatic amines is 1. The molecule has 2 aromatic rings. The summed E-state index contributed by atoms with van der Waals surface area (Å²) in [4.78, 5) is 67.9. The van der Waals surface area contributed by atoms with E-state index in [1.165, 1.54) is 0 Å². The number of carbonyl (C=O) groups excluding carboxylic acids is 4. The average molecular weight is 674 g/mol. The second-order valence-corrected chi connectivity index (χ2v) is 14.0. The number of H-pyrrole nitrogens is 1. The zero-order chi connectivity index (χ0) is 36.3. The topological polar surface area (TPSA) is 199 Å². The number of carboxylic acid groups (broad SMARTS) is 1. The van der Waals surface area contributed by atoms with E-state index in [1.807, 2.05) is 45.0 Å². The van der Waals surface area contributed by atoms with Crippen molar-refractivity contribution in [2.45, 2.75) is 124 Å². The molecule has 2 rings (SSSR count). The van der Waals surface area contributed by atoms with Crippen LogP contribution in [0.1, 0.15) is 87.1 Å². The summed E-state index contributed by atoms with van der Waals surface area (Å²) in [6, 6.07) is 3.36. The third-order valence-corrected chi connectivity index (χ3v) is 8.51. The lowest BCUT2D eigenvalue weighted by atomic mass is 9.93. The van der Waals surface area contributed by atoms with Crippen LogP contribution in [0.25, 0.3) is 10.9 Å². The Bertz CT molecular complexity index is 1400. The number of nitrogens with one attached hydrogen (secondary N) is 5. The summed E-state index contributed by atoms with van der Waals surface area (Å²) >= 11 is 0. The summed E-state index contributed by atoms with van der Waals surface area (Å²) in [6.45, 7) is 15.8. The van der Waals surface area contributed by atoms with Gasteiger partial charge in [-0.15, -0.1) is 0 Å². The van der Waals surface area contributed by atoms with E-state index in [0.717, 1.165) is 16.5 Å². The molecule has 7 N–H and O–H groups in total. The molecule has 3 unspecified atom stereocenters. The third kappa shape index (κ3) is 11.8. The molecule has 1 heterocycles. The highest BCUT2D eigenvalue weighted by atomic mass is 16.6. The predicted molar refractivity (Wildman–Crippen MR) is 183 cm³/mol. The Morgan fingerprint density at radius 2 is 1.40 bits per heavy atom. The number of ether oxygens (including phenoxy) is 1. The fourth-order valence-electron chi connectivity index (χ4n) is 5.25. The minimum absolute atomic E-state index is 0.133. The number of carbonyl (C=O) groups is 5. The van der Waals surface area contributed by atoms with Crippen molar-refractivity contribution in [2.24, 2.45) is 17.8 Å². The Balaban J connectivity index is 2.37. The van der Waals surface area contributed by atoms with Crippen LogP contribution in [-0.4, -0.2) is 80.9 Å². The molecule has 1 aromatic carbocycles. The monoisotopic (exact) mass is 673 g/mol. The van der Waals surface area contributed by atoms with Crippen molar-refractivity contribution < 1.29 is 38.9 Å². The van der Waals surface area contributed by atoms with E-state index < -0.39 is 78.0 Å². The number of fused-ring (bicyclic) bond motifs is 1. The molecule has 0 fully saturated rings. The number of aromatic nitrogens is 1. The Labute approximate surface area is 283 Å². The number of carboxylic acids is 1. The van der Waals surface area contributed by atoms with E-state index in [9.17, 15) is 34.2 Å². The lowest BCUT2D eigenvalue weighted by molar-refractivity contribution is -0.143. The molecule has 0 saturated heterocycles. The number of hydrogen-bond acceptors (Lipinski definition) is 7. The number of aliphatic hydroxyl groups is 1. The van der Waals surface area contributed by atoms with Gasteiger partial charge in [0.15, 0.2) is 0 Å². The summed E-state index contributed by atoms with van der Waals surface area (Å²) < 4.78 is 5.37. The summed E-state index contributed by atoms with van der Waals surface area (Å²) in [5.74, 6) is -4.03. The molecule has 13 nitrogen and oxygen atoms in total. The zero-order valence-electron chi connectivity index (χ0n) is 29.7. The van der Waals surface area contributed by atoms with E-state index >= 15 is 0 Å². The van der Waals surface area contributed by atoms with Gasteiger partial charge in [0.25, 0.3) is 0 Å². The lowest BCUT2D eigenvalue weighted by Gasteiger charge is -2.31. The minimum Gasteiger partial charge on any atom is -0.480 e. The molecule has 0 aliphatic carbocycles. The number of para-hydroxylation sites is 1. The highest BCUT2D eigenvalue weighted by Gasteiger charge is 2.35. The summed E-state index contributed by atoms with van der Waals surface area (Å²) in [7, 11) is 0. The molecule has 0 spiro atoms. The quantitative estimate of drug-likeness (QED) is 0.132. The van der Waals surface area contributed by atoms with Crippen molar-refractivity contribution in [3.05, 3.63) is 36.0 Å². The number of amides is 4. The van der Waals surface area contributed by atoms with Gasteiger partial charge in [-0.05, 0) is 56.6 Å². The van der Waals surface area contributed by atoms with Gasteiger partial charge in [-0.25, -0.2) is 9.59 Å². The number of aliphatic hydroxyl groups excluding tert-OH is 1. The number of alkyl carbamates (subject to hydrolysis) is 1. The first-order valence-electron chi connectivity index (χ1n) is 16.7. The van der Waals surface area contributed by atoms with Gasteiger partial charge in [0.05, 0.1) is 18.6 Å². The van der Waals surface area contributed by atoms with E-state index in [1.54, 1.807) is 47.7 Å². The fraction of sp³-hybridized carbons (Fsp3) is 0.629. The second-order valence-electron chi connectivity index (χ2n) is 14.0. The van der Waals surface area contributed by atoms with Crippen molar-refractivity contribution in [1.29, 1.82) is 0 Å². The number of hydrogen-bond donors (Lipinski definition) is 7. The highest BCUT2D eigenvalue weighted by Crippen LogP contribution is 2.21. The van der Waals surface area contributed by atoms with Crippen LogP contribution in [0, 0.1) is 17.8 Å². The second kappa shape index (κ2) is 17.9. The molecule has 0 saturated carbocycles. The summed E-state index contributed by atoms with van der Waals surface area (Å²) in [5, 5.41) is 32.5. The van der Waals surface area contributed by atoms with Crippen molar-refractivity contribution in [1.82, 2.24) is 26.3 Å². The minimum atomic E-state index is -1.40. The summed E-state index contributed by atoms with van der Waals surface area (Å²) in [5.41, 5.74) is 0.855. The Kier molecular flexibility index (Phi) is 14.9. The first-order valence-corrected chi connectivity index (χ1v) is 16.7. The molecular formula is C35H55N5O8. The lowest BCUT2D eigenvalue weighted by Crippen LogP contribution is -2.59. The zero-order valence-corrected chi connectivity index (χ0v) is 29.7. The van der Waals surface area contributed by atoms with Crippen LogP contribution < -0.4 is 21.3 Å². The molecule has 13 heteroatoms. The van der Waals surface area contributed by atoms with E-state index in [-0.39, 0.29) is 18.3 Å². The van der Waals surface area contributed by atoms with Crippen LogP contribution in [0.3, 0.4) is 0 Å². The maximum Gasteiger partial charge on any atom is 0.408 e. The van der Waals surface area contributed by atoms with Crippen LogP contribution in [-0.2, 0) is 30.3 Å². The van der Waals surface area contributed by atoms with E-state index in [0.29, 0.717) is 12.8 Å². The van der Waals surface area contributed by atoms with E-state index in [4.69, 9.17) is 4.74 Å². The van der Waals surface area contributed by atoms with Crippen molar-refractivity contribution >= 4 is 40.7 Å². The van der Waals surface area contributed by atoms with Crippen LogP contribution in [0.15, 0.2) is 30.5 Å². The first-order chi connectivity index (χ1) is 22.4. The molecular weight excluding hydrogens is 618 g/mol. The Hall–Kier alpha value is -4.13.